The zero-order valence-corrected chi connectivity index (χ0v) is 33.4. The molecule has 0 saturated carbocycles. The van der Waals surface area contributed by atoms with Gasteiger partial charge in [0, 0.05) is 49.3 Å². The van der Waals surface area contributed by atoms with Crippen LogP contribution in [0.1, 0.15) is 0 Å². The lowest BCUT2D eigenvalue weighted by Gasteiger charge is -2.16. The van der Waals surface area contributed by atoms with Crippen molar-refractivity contribution < 1.29 is 0 Å². The van der Waals surface area contributed by atoms with Crippen molar-refractivity contribution in [2.45, 2.75) is 0 Å². The molecule has 0 amide bonds. The predicted molar refractivity (Wildman–Crippen MR) is 257 cm³/mol. The summed E-state index contributed by atoms with van der Waals surface area (Å²) in [5.74, 6) is 1.87. The van der Waals surface area contributed by atoms with Crippen molar-refractivity contribution in [1.29, 1.82) is 0 Å². The van der Waals surface area contributed by atoms with Crippen LogP contribution in [0.3, 0.4) is 0 Å². The third kappa shape index (κ3) is 5.32. The number of nitrogens with zero attached hydrogens (tertiary/aromatic N) is 5. The van der Waals surface area contributed by atoms with E-state index in [9.17, 15) is 0 Å². The summed E-state index contributed by atoms with van der Waals surface area (Å²) < 4.78 is 4.87. The van der Waals surface area contributed by atoms with E-state index in [4.69, 9.17) is 15.0 Å². The van der Waals surface area contributed by atoms with Crippen LogP contribution in [0.5, 0.6) is 0 Å². The summed E-state index contributed by atoms with van der Waals surface area (Å²) in [7, 11) is 0. The normalized spacial score (nSPS) is 11.9. The molecule has 288 valence electrons. The topological polar surface area (TPSA) is 48.5 Å². The quantitative estimate of drug-likeness (QED) is 0.174. The fourth-order valence-corrected chi connectivity index (χ4v) is 9.62. The molecule has 0 radical (unpaired) electrons. The average Bonchev–Trinajstić information content (AvgIpc) is 3.85. The van der Waals surface area contributed by atoms with E-state index in [1.165, 1.54) is 59.5 Å². The van der Waals surface area contributed by atoms with Gasteiger partial charge in [0.15, 0.2) is 17.5 Å². The smallest absolute Gasteiger partial charge is 0.166 e. The van der Waals surface area contributed by atoms with Crippen molar-refractivity contribution in [3.8, 4) is 45.5 Å². The van der Waals surface area contributed by atoms with Gasteiger partial charge in [-0.3, -0.25) is 0 Å². The molecule has 5 heteroatoms. The summed E-state index contributed by atoms with van der Waals surface area (Å²) >= 11 is 0. The van der Waals surface area contributed by atoms with Crippen LogP contribution in [0.4, 0.5) is 0 Å². The Morgan fingerprint density at radius 3 is 1.71 bits per heavy atom. The number of fused-ring (bicyclic) bond motifs is 10. The minimum atomic E-state index is 0.610. The van der Waals surface area contributed by atoms with Gasteiger partial charge in [0.25, 0.3) is 0 Å². The molecule has 0 atom stereocenters. The molecule has 0 bridgehead atoms. The lowest BCUT2D eigenvalue weighted by Crippen LogP contribution is -2.04. The second kappa shape index (κ2) is 13.6. The molecule has 10 aromatic carbocycles. The first-order chi connectivity index (χ1) is 30.7. The summed E-state index contributed by atoms with van der Waals surface area (Å²) in [4.78, 5) is 15.7. The highest BCUT2D eigenvalue weighted by Gasteiger charge is 2.22. The van der Waals surface area contributed by atoms with Crippen LogP contribution in [0.15, 0.2) is 212 Å². The Morgan fingerprint density at radius 2 is 0.871 bits per heavy atom. The molecule has 0 saturated heterocycles. The summed E-state index contributed by atoms with van der Waals surface area (Å²) in [5, 5.41) is 12.0. The Kier molecular flexibility index (Phi) is 7.54. The van der Waals surface area contributed by atoms with Gasteiger partial charge in [0.1, 0.15) is 0 Å². The third-order valence-electron chi connectivity index (χ3n) is 12.5. The maximum absolute atomic E-state index is 5.30. The highest BCUT2D eigenvalue weighted by molar-refractivity contribution is 6.19. The van der Waals surface area contributed by atoms with Crippen molar-refractivity contribution in [2.24, 2.45) is 0 Å². The summed E-state index contributed by atoms with van der Waals surface area (Å²) in [6.07, 6.45) is 0. The molecule has 0 aliphatic rings. The van der Waals surface area contributed by atoms with Crippen molar-refractivity contribution >= 4 is 75.9 Å². The molecule has 3 heterocycles. The molecular weight excluding hydrogens is 755 g/mol. The highest BCUT2D eigenvalue weighted by atomic mass is 15.1. The highest BCUT2D eigenvalue weighted by Crippen LogP contribution is 2.41. The van der Waals surface area contributed by atoms with E-state index >= 15 is 0 Å². The minimum absolute atomic E-state index is 0.610. The van der Waals surface area contributed by atoms with Crippen molar-refractivity contribution in [1.82, 2.24) is 24.1 Å². The van der Waals surface area contributed by atoms with E-state index in [2.05, 4.69) is 203 Å². The SMILES string of the molecule is c1ccc(-c2nc(-c3ccc4ccccc4c3)nc(-c3ccccc3-n3c4cc(-n5c6ccccc6c6ccc7ccccc7c65)ccc4c4cc5ccccc5cc43)n2)cc1. The van der Waals surface area contributed by atoms with Gasteiger partial charge in [-0.25, -0.2) is 15.0 Å². The lowest BCUT2D eigenvalue weighted by molar-refractivity contribution is 1.06. The second-order valence-corrected chi connectivity index (χ2v) is 16.0. The summed E-state index contributed by atoms with van der Waals surface area (Å²) in [6, 6.07) is 75.8. The standard InChI is InChI=1S/C57H35N5/c1-2-16-38(17-3-1)55-58-56(42-27-26-36-14-4-5-18-39(36)32-42)60-57(59-55)48-23-11-13-25-51(48)62-52-34-41-20-7-6-19-40(41)33-49(52)46-31-29-43(35-53(46)62)61-50-24-12-10-22-45(50)47-30-28-37-15-8-9-21-44(37)54(47)61/h1-35H. The van der Waals surface area contributed by atoms with Gasteiger partial charge < -0.3 is 9.13 Å². The van der Waals surface area contributed by atoms with Gasteiger partial charge in [-0.05, 0) is 75.5 Å². The van der Waals surface area contributed by atoms with E-state index in [0.29, 0.717) is 17.5 Å². The van der Waals surface area contributed by atoms with Crippen LogP contribution in [0.2, 0.25) is 0 Å². The number of aromatic nitrogens is 5. The first kappa shape index (κ1) is 34.5. The molecule has 0 unspecified atom stereocenters. The molecule has 13 rings (SSSR count). The maximum atomic E-state index is 5.30. The zero-order valence-electron chi connectivity index (χ0n) is 33.4. The number of para-hydroxylation sites is 2. The molecule has 0 aliphatic heterocycles. The Balaban J connectivity index is 1.10. The van der Waals surface area contributed by atoms with Crippen molar-refractivity contribution in [3.63, 3.8) is 0 Å². The predicted octanol–water partition coefficient (Wildman–Crippen LogP) is 14.5. The Labute approximate surface area is 356 Å². The number of rotatable bonds is 5. The molecule has 0 spiro atoms. The van der Waals surface area contributed by atoms with Gasteiger partial charge in [0.2, 0.25) is 0 Å². The van der Waals surface area contributed by atoms with Crippen molar-refractivity contribution in [2.75, 3.05) is 0 Å². The van der Waals surface area contributed by atoms with Crippen LogP contribution in [0.25, 0.3) is 121 Å². The van der Waals surface area contributed by atoms with Crippen LogP contribution in [0, 0.1) is 0 Å². The molecule has 3 aromatic heterocycles. The van der Waals surface area contributed by atoms with Crippen molar-refractivity contribution in [3.05, 3.63) is 212 Å². The third-order valence-corrected chi connectivity index (χ3v) is 12.5. The number of hydrogen-bond acceptors (Lipinski definition) is 3. The zero-order chi connectivity index (χ0) is 40.7. The number of benzene rings is 10. The monoisotopic (exact) mass is 789 g/mol. The van der Waals surface area contributed by atoms with Gasteiger partial charge in [-0.2, -0.15) is 0 Å². The Bertz CT molecular complexity index is 3930. The molecular formula is C57H35N5. The van der Waals surface area contributed by atoms with Crippen LogP contribution >= 0.6 is 0 Å². The minimum Gasteiger partial charge on any atom is -0.309 e. The van der Waals surface area contributed by atoms with Gasteiger partial charge in [-0.1, -0.05) is 164 Å². The first-order valence-electron chi connectivity index (χ1n) is 21.0. The van der Waals surface area contributed by atoms with Gasteiger partial charge in [-0.15, -0.1) is 0 Å². The molecule has 0 fully saturated rings. The van der Waals surface area contributed by atoms with Gasteiger partial charge >= 0.3 is 0 Å². The summed E-state index contributed by atoms with van der Waals surface area (Å²) in [6.45, 7) is 0. The molecule has 0 N–H and O–H groups in total. The summed E-state index contributed by atoms with van der Waals surface area (Å²) in [5.41, 5.74) is 9.45. The lowest BCUT2D eigenvalue weighted by atomic mass is 10.1. The van der Waals surface area contributed by atoms with E-state index in [1.807, 2.05) is 18.2 Å². The number of hydrogen-bond donors (Lipinski definition) is 0. The molecule has 5 nitrogen and oxygen atoms in total. The van der Waals surface area contributed by atoms with Crippen LogP contribution < -0.4 is 0 Å². The van der Waals surface area contributed by atoms with E-state index < -0.39 is 0 Å². The largest absolute Gasteiger partial charge is 0.309 e. The van der Waals surface area contributed by atoms with Crippen LogP contribution in [-0.4, -0.2) is 24.1 Å². The molecule has 13 aromatic rings. The molecule has 62 heavy (non-hydrogen) atoms. The fourth-order valence-electron chi connectivity index (χ4n) is 9.62. The van der Waals surface area contributed by atoms with E-state index in [0.717, 1.165) is 44.5 Å². The van der Waals surface area contributed by atoms with E-state index in [1.54, 1.807) is 0 Å². The Morgan fingerprint density at radius 1 is 0.290 bits per heavy atom. The van der Waals surface area contributed by atoms with E-state index in [-0.39, 0.29) is 0 Å². The average molecular weight is 790 g/mol. The van der Waals surface area contributed by atoms with Crippen LogP contribution in [-0.2, 0) is 0 Å². The maximum Gasteiger partial charge on any atom is 0.166 e. The molecule has 0 aliphatic carbocycles. The second-order valence-electron chi connectivity index (χ2n) is 16.0. The Hall–Kier alpha value is -8.41. The fraction of sp³-hybridized carbons (Fsp3) is 0. The van der Waals surface area contributed by atoms with Gasteiger partial charge in [0.05, 0.1) is 27.8 Å². The first-order valence-corrected chi connectivity index (χ1v) is 21.0.